The van der Waals surface area contributed by atoms with Gasteiger partial charge in [0.25, 0.3) is 0 Å². The summed E-state index contributed by atoms with van der Waals surface area (Å²) in [5.74, 6) is 0.150. The van der Waals surface area contributed by atoms with Gasteiger partial charge >= 0.3 is 0 Å². The largest absolute Gasteiger partial charge is 0.388 e. The maximum absolute atomic E-state index is 11.6. The maximum Gasteiger partial charge on any atom is 0.222 e. The molecule has 1 rings (SSSR count). The summed E-state index contributed by atoms with van der Waals surface area (Å²) < 4.78 is 0. The molecule has 2 N–H and O–H groups in total. The third-order valence-electron chi connectivity index (χ3n) is 3.30. The molecule has 0 aromatic rings. The minimum Gasteiger partial charge on any atom is -0.388 e. The van der Waals surface area contributed by atoms with Gasteiger partial charge in [-0.2, -0.15) is 0 Å². The predicted octanol–water partition coefficient (Wildman–Crippen LogP) is 1.84. The van der Waals surface area contributed by atoms with Gasteiger partial charge in [0.05, 0.1) is 5.60 Å². The molecule has 1 aliphatic carbocycles. The van der Waals surface area contributed by atoms with Crippen molar-refractivity contribution >= 4 is 5.91 Å². The number of rotatable bonds is 5. The van der Waals surface area contributed by atoms with E-state index in [1.807, 2.05) is 6.92 Å². The predicted molar refractivity (Wildman–Crippen MR) is 60.5 cm³/mol. The SMILES string of the molecule is CCCC(C)C(=O)NCC1(O)CCCC1. The third-order valence-corrected chi connectivity index (χ3v) is 3.30. The average Bonchev–Trinajstić information content (AvgIpc) is 2.63. The first-order valence-corrected chi connectivity index (χ1v) is 6.07. The molecule has 3 nitrogen and oxygen atoms in total. The Bertz CT molecular complexity index is 210. The lowest BCUT2D eigenvalue weighted by Gasteiger charge is -2.23. The molecule has 0 radical (unpaired) electrons. The van der Waals surface area contributed by atoms with E-state index < -0.39 is 5.60 Å². The average molecular weight is 213 g/mol. The molecule has 1 fully saturated rings. The van der Waals surface area contributed by atoms with E-state index in [2.05, 4.69) is 12.2 Å². The van der Waals surface area contributed by atoms with E-state index in [0.717, 1.165) is 38.5 Å². The molecule has 1 saturated carbocycles. The fourth-order valence-corrected chi connectivity index (χ4v) is 2.20. The van der Waals surface area contributed by atoms with Crippen molar-refractivity contribution in [3.63, 3.8) is 0 Å². The number of hydrogen-bond donors (Lipinski definition) is 2. The first-order chi connectivity index (χ1) is 7.07. The summed E-state index contributed by atoms with van der Waals surface area (Å²) in [6.07, 6.45) is 5.77. The van der Waals surface area contributed by atoms with Crippen LogP contribution >= 0.6 is 0 Å². The smallest absolute Gasteiger partial charge is 0.222 e. The van der Waals surface area contributed by atoms with Gasteiger partial charge in [-0.15, -0.1) is 0 Å². The van der Waals surface area contributed by atoms with Crippen molar-refractivity contribution in [2.45, 2.75) is 58.0 Å². The highest BCUT2D eigenvalue weighted by Gasteiger charge is 2.31. The minimum atomic E-state index is -0.623. The Morgan fingerprint density at radius 1 is 1.47 bits per heavy atom. The number of nitrogens with one attached hydrogen (secondary N) is 1. The van der Waals surface area contributed by atoms with Gasteiger partial charge in [0, 0.05) is 12.5 Å². The molecule has 88 valence electrons. The van der Waals surface area contributed by atoms with Crippen LogP contribution in [0.4, 0.5) is 0 Å². The van der Waals surface area contributed by atoms with Gasteiger partial charge in [0.15, 0.2) is 0 Å². The second-order valence-electron chi connectivity index (χ2n) is 4.84. The van der Waals surface area contributed by atoms with Crippen LogP contribution in [0, 0.1) is 5.92 Å². The van der Waals surface area contributed by atoms with Gasteiger partial charge in [-0.05, 0) is 19.3 Å². The van der Waals surface area contributed by atoms with Crippen LogP contribution in [-0.2, 0) is 4.79 Å². The summed E-state index contributed by atoms with van der Waals surface area (Å²) in [4.78, 5) is 11.6. The zero-order chi connectivity index (χ0) is 11.3. The van der Waals surface area contributed by atoms with E-state index in [-0.39, 0.29) is 11.8 Å². The molecule has 0 aromatic heterocycles. The molecule has 0 spiro atoms. The number of amides is 1. The standard InChI is InChI=1S/C12H23NO2/c1-3-6-10(2)11(14)13-9-12(15)7-4-5-8-12/h10,15H,3-9H2,1-2H3,(H,13,14). The van der Waals surface area contributed by atoms with Crippen LogP contribution in [0.25, 0.3) is 0 Å². The molecule has 1 atom stereocenters. The number of carbonyl (C=O) groups excluding carboxylic acids is 1. The van der Waals surface area contributed by atoms with Crippen molar-refractivity contribution in [2.75, 3.05) is 6.54 Å². The van der Waals surface area contributed by atoms with Gasteiger partial charge in [-0.3, -0.25) is 4.79 Å². The fraction of sp³-hybridized carbons (Fsp3) is 0.917. The van der Waals surface area contributed by atoms with Crippen LogP contribution in [0.3, 0.4) is 0 Å². The monoisotopic (exact) mass is 213 g/mol. The zero-order valence-corrected chi connectivity index (χ0v) is 9.88. The van der Waals surface area contributed by atoms with E-state index >= 15 is 0 Å². The van der Waals surface area contributed by atoms with Gasteiger partial charge < -0.3 is 10.4 Å². The van der Waals surface area contributed by atoms with Crippen LogP contribution < -0.4 is 5.32 Å². The summed E-state index contributed by atoms with van der Waals surface area (Å²) in [7, 11) is 0. The molecule has 0 saturated heterocycles. The molecule has 3 heteroatoms. The highest BCUT2D eigenvalue weighted by atomic mass is 16.3. The Hall–Kier alpha value is -0.570. The molecule has 1 unspecified atom stereocenters. The van der Waals surface area contributed by atoms with Crippen molar-refractivity contribution in [3.8, 4) is 0 Å². The molecule has 0 aliphatic heterocycles. The fourth-order valence-electron chi connectivity index (χ4n) is 2.20. The molecule has 0 aromatic carbocycles. The highest BCUT2D eigenvalue weighted by Crippen LogP contribution is 2.28. The number of aliphatic hydroxyl groups is 1. The first-order valence-electron chi connectivity index (χ1n) is 6.07. The van der Waals surface area contributed by atoms with Crippen LogP contribution in [0.5, 0.6) is 0 Å². The van der Waals surface area contributed by atoms with Crippen molar-refractivity contribution in [1.29, 1.82) is 0 Å². The van der Waals surface area contributed by atoms with Crippen LogP contribution in [0.1, 0.15) is 52.4 Å². The Kier molecular flexibility index (Phi) is 4.58. The second kappa shape index (κ2) is 5.50. The molecular formula is C12H23NO2. The molecule has 0 heterocycles. The number of carbonyl (C=O) groups is 1. The first kappa shape index (κ1) is 12.5. The lowest BCUT2D eigenvalue weighted by molar-refractivity contribution is -0.125. The summed E-state index contributed by atoms with van der Waals surface area (Å²) in [5, 5.41) is 12.9. The number of hydrogen-bond acceptors (Lipinski definition) is 2. The van der Waals surface area contributed by atoms with Crippen LogP contribution in [0.2, 0.25) is 0 Å². The molecular weight excluding hydrogens is 190 g/mol. The van der Waals surface area contributed by atoms with Gasteiger partial charge in [-0.25, -0.2) is 0 Å². The Morgan fingerprint density at radius 3 is 2.60 bits per heavy atom. The molecule has 1 amide bonds. The normalized spacial score (nSPS) is 21.3. The summed E-state index contributed by atoms with van der Waals surface area (Å²) in [6, 6.07) is 0. The Labute approximate surface area is 92.3 Å². The quantitative estimate of drug-likeness (QED) is 0.732. The van der Waals surface area contributed by atoms with Crippen LogP contribution in [-0.4, -0.2) is 23.2 Å². The van der Waals surface area contributed by atoms with Crippen molar-refractivity contribution in [2.24, 2.45) is 5.92 Å². The molecule has 1 aliphatic rings. The lowest BCUT2D eigenvalue weighted by atomic mass is 10.0. The van der Waals surface area contributed by atoms with Crippen molar-refractivity contribution in [3.05, 3.63) is 0 Å². The minimum absolute atomic E-state index is 0.0694. The zero-order valence-electron chi connectivity index (χ0n) is 9.88. The Balaban J connectivity index is 2.26. The summed E-state index contributed by atoms with van der Waals surface area (Å²) in [6.45, 7) is 4.45. The van der Waals surface area contributed by atoms with Gasteiger partial charge in [0.1, 0.15) is 0 Å². The summed E-state index contributed by atoms with van der Waals surface area (Å²) >= 11 is 0. The summed E-state index contributed by atoms with van der Waals surface area (Å²) in [5.41, 5.74) is -0.623. The topological polar surface area (TPSA) is 49.3 Å². The highest BCUT2D eigenvalue weighted by molar-refractivity contribution is 5.78. The van der Waals surface area contributed by atoms with E-state index in [1.54, 1.807) is 0 Å². The molecule has 15 heavy (non-hydrogen) atoms. The van der Waals surface area contributed by atoms with Crippen molar-refractivity contribution < 1.29 is 9.90 Å². The van der Waals surface area contributed by atoms with E-state index in [0.29, 0.717) is 6.54 Å². The molecule has 0 bridgehead atoms. The Morgan fingerprint density at radius 2 is 2.07 bits per heavy atom. The third kappa shape index (κ3) is 3.82. The lowest BCUT2D eigenvalue weighted by Crippen LogP contribution is -2.42. The van der Waals surface area contributed by atoms with Crippen LogP contribution in [0.15, 0.2) is 0 Å². The second-order valence-corrected chi connectivity index (χ2v) is 4.84. The van der Waals surface area contributed by atoms with E-state index in [1.165, 1.54) is 0 Å². The van der Waals surface area contributed by atoms with Gasteiger partial charge in [0.2, 0.25) is 5.91 Å². The van der Waals surface area contributed by atoms with E-state index in [4.69, 9.17) is 0 Å². The van der Waals surface area contributed by atoms with Crippen molar-refractivity contribution in [1.82, 2.24) is 5.32 Å². The van der Waals surface area contributed by atoms with Gasteiger partial charge in [-0.1, -0.05) is 33.1 Å². The maximum atomic E-state index is 11.6. The van der Waals surface area contributed by atoms with E-state index in [9.17, 15) is 9.90 Å².